The molecule has 2 unspecified atom stereocenters. The van der Waals surface area contributed by atoms with E-state index in [1.165, 1.54) is 0 Å². The number of hydrogen-bond acceptors (Lipinski definition) is 5. The second kappa shape index (κ2) is 4.04. The van der Waals surface area contributed by atoms with Gasteiger partial charge in [-0.3, -0.25) is 0 Å². The molecule has 0 aliphatic carbocycles. The highest BCUT2D eigenvalue weighted by atomic mass is 35.5. The molecule has 0 spiro atoms. The van der Waals surface area contributed by atoms with Gasteiger partial charge in [-0.1, -0.05) is 5.16 Å². The van der Waals surface area contributed by atoms with Crippen LogP contribution in [0.4, 0.5) is 0 Å². The summed E-state index contributed by atoms with van der Waals surface area (Å²) >= 11 is 0. The van der Waals surface area contributed by atoms with Crippen LogP contribution in [-0.4, -0.2) is 27.9 Å². The predicted molar refractivity (Wildman–Crippen MR) is 47.7 cm³/mol. The van der Waals surface area contributed by atoms with Crippen LogP contribution in [0, 0.1) is 6.92 Å². The number of aromatic nitrogens is 2. The van der Waals surface area contributed by atoms with Crippen molar-refractivity contribution in [2.24, 2.45) is 0 Å². The Morgan fingerprint density at radius 2 is 2.38 bits per heavy atom. The first kappa shape index (κ1) is 10.4. The summed E-state index contributed by atoms with van der Waals surface area (Å²) in [5.74, 6) is 1.21. The minimum atomic E-state index is -0.290. The summed E-state index contributed by atoms with van der Waals surface area (Å²) in [7, 11) is 0. The van der Waals surface area contributed by atoms with Gasteiger partial charge < -0.3 is 14.9 Å². The van der Waals surface area contributed by atoms with E-state index in [2.05, 4.69) is 15.5 Å². The number of halogens is 1. The Morgan fingerprint density at radius 3 is 2.85 bits per heavy atom. The molecule has 2 N–H and O–H groups in total. The van der Waals surface area contributed by atoms with Crippen LogP contribution in [-0.2, 0) is 0 Å². The zero-order valence-corrected chi connectivity index (χ0v) is 8.04. The number of hydrogen-bond donors (Lipinski definition) is 2. The number of nitrogens with zero attached hydrogens (tertiary/aromatic N) is 2. The van der Waals surface area contributed by atoms with Crippen LogP contribution < -0.4 is 5.32 Å². The topological polar surface area (TPSA) is 71.2 Å². The van der Waals surface area contributed by atoms with Crippen LogP contribution in [0.5, 0.6) is 0 Å². The Labute approximate surface area is 81.9 Å². The third-order valence-corrected chi connectivity index (χ3v) is 1.95. The summed E-state index contributed by atoms with van der Waals surface area (Å²) in [6.45, 7) is 2.38. The number of aliphatic hydroxyl groups is 1. The first-order chi connectivity index (χ1) is 5.75. The summed E-state index contributed by atoms with van der Waals surface area (Å²) in [5, 5.41) is 16.0. The quantitative estimate of drug-likeness (QED) is 0.685. The molecule has 1 aromatic heterocycles. The van der Waals surface area contributed by atoms with Gasteiger partial charge in [0.1, 0.15) is 0 Å². The lowest BCUT2D eigenvalue weighted by Gasteiger charge is -2.01. The first-order valence-electron chi connectivity index (χ1n) is 3.97. The van der Waals surface area contributed by atoms with Gasteiger partial charge in [0.05, 0.1) is 12.1 Å². The van der Waals surface area contributed by atoms with Crippen LogP contribution >= 0.6 is 12.4 Å². The lowest BCUT2D eigenvalue weighted by Crippen LogP contribution is -2.15. The highest BCUT2D eigenvalue weighted by Crippen LogP contribution is 2.21. The van der Waals surface area contributed by atoms with Gasteiger partial charge in [0.25, 0.3) is 0 Å². The number of nitrogens with one attached hydrogen (secondary N) is 1. The molecule has 1 saturated heterocycles. The predicted octanol–water partition coefficient (Wildman–Crippen LogP) is 0.195. The lowest BCUT2D eigenvalue weighted by atomic mass is 10.2. The Hall–Kier alpha value is -0.650. The third-order valence-electron chi connectivity index (χ3n) is 1.95. The molecule has 0 bridgehead atoms. The minimum Gasteiger partial charge on any atom is -0.392 e. The second-order valence-corrected chi connectivity index (χ2v) is 3.03. The molecule has 13 heavy (non-hydrogen) atoms. The smallest absolute Gasteiger partial charge is 0.243 e. The minimum absolute atomic E-state index is 0. The van der Waals surface area contributed by atoms with E-state index in [1.807, 2.05) is 0 Å². The molecule has 1 aliphatic heterocycles. The van der Waals surface area contributed by atoms with Crippen molar-refractivity contribution in [3.8, 4) is 0 Å². The third kappa shape index (κ3) is 2.18. The summed E-state index contributed by atoms with van der Waals surface area (Å²) in [5.41, 5.74) is 0. The molecule has 2 atom stereocenters. The maximum absolute atomic E-state index is 9.22. The van der Waals surface area contributed by atoms with E-state index in [-0.39, 0.29) is 24.6 Å². The molecule has 1 aromatic rings. The van der Waals surface area contributed by atoms with Gasteiger partial charge in [0, 0.05) is 6.54 Å². The summed E-state index contributed by atoms with van der Waals surface area (Å²) in [6, 6.07) is 0.0289. The van der Waals surface area contributed by atoms with Crippen molar-refractivity contribution in [3.63, 3.8) is 0 Å². The van der Waals surface area contributed by atoms with E-state index >= 15 is 0 Å². The molecule has 1 fully saturated rings. The van der Waals surface area contributed by atoms with Crippen molar-refractivity contribution in [3.05, 3.63) is 11.7 Å². The van der Waals surface area contributed by atoms with Crippen LogP contribution in [0.15, 0.2) is 4.52 Å². The van der Waals surface area contributed by atoms with Gasteiger partial charge in [-0.05, 0) is 13.3 Å². The highest BCUT2D eigenvalue weighted by molar-refractivity contribution is 5.85. The highest BCUT2D eigenvalue weighted by Gasteiger charge is 2.27. The van der Waals surface area contributed by atoms with Crippen molar-refractivity contribution in [2.45, 2.75) is 25.5 Å². The van der Waals surface area contributed by atoms with Gasteiger partial charge in [-0.15, -0.1) is 12.4 Å². The van der Waals surface area contributed by atoms with Gasteiger partial charge in [0.15, 0.2) is 5.82 Å². The Kier molecular flexibility index (Phi) is 3.24. The lowest BCUT2D eigenvalue weighted by molar-refractivity contribution is 0.191. The number of rotatable bonds is 1. The summed E-state index contributed by atoms with van der Waals surface area (Å²) in [6.07, 6.45) is 0.365. The zero-order chi connectivity index (χ0) is 8.55. The first-order valence-corrected chi connectivity index (χ1v) is 3.97. The molecule has 2 rings (SSSR count). The average Bonchev–Trinajstić information content (AvgIpc) is 2.58. The molecule has 74 valence electrons. The van der Waals surface area contributed by atoms with Crippen molar-refractivity contribution >= 4 is 12.4 Å². The molecule has 1 aliphatic rings. The summed E-state index contributed by atoms with van der Waals surface area (Å²) < 4.78 is 4.96. The molecular weight excluding hydrogens is 194 g/mol. The second-order valence-electron chi connectivity index (χ2n) is 3.03. The molecule has 0 radical (unpaired) electrons. The van der Waals surface area contributed by atoms with Crippen molar-refractivity contribution in [1.82, 2.24) is 15.5 Å². The van der Waals surface area contributed by atoms with Crippen LogP contribution in [0.2, 0.25) is 0 Å². The fraction of sp³-hybridized carbons (Fsp3) is 0.714. The van der Waals surface area contributed by atoms with Gasteiger partial charge in [0.2, 0.25) is 5.89 Å². The number of β-amino-alcohol motifs (C(OH)–C–C–N with tert-alkyl or cyclic N) is 1. The molecule has 5 nitrogen and oxygen atoms in total. The van der Waals surface area contributed by atoms with Gasteiger partial charge in [-0.2, -0.15) is 4.98 Å². The zero-order valence-electron chi connectivity index (χ0n) is 7.23. The standard InChI is InChI=1S/C7H11N3O2.ClH/c1-4-9-7(12-10-4)6-2-5(11)3-8-6;/h5-6,8,11H,2-3H2,1H3;1H. The van der Waals surface area contributed by atoms with Crippen LogP contribution in [0.3, 0.4) is 0 Å². The Morgan fingerprint density at radius 1 is 1.62 bits per heavy atom. The molecular formula is C7H12ClN3O2. The van der Waals surface area contributed by atoms with E-state index in [0.29, 0.717) is 24.7 Å². The monoisotopic (exact) mass is 205 g/mol. The number of aryl methyl sites for hydroxylation is 1. The van der Waals surface area contributed by atoms with E-state index in [0.717, 1.165) is 0 Å². The van der Waals surface area contributed by atoms with Crippen molar-refractivity contribution in [2.75, 3.05) is 6.54 Å². The fourth-order valence-electron chi connectivity index (χ4n) is 1.36. The molecule has 6 heteroatoms. The van der Waals surface area contributed by atoms with E-state index in [4.69, 9.17) is 4.52 Å². The maximum Gasteiger partial charge on any atom is 0.243 e. The Balaban J connectivity index is 0.000000845. The van der Waals surface area contributed by atoms with Crippen molar-refractivity contribution < 1.29 is 9.63 Å². The SMILES string of the molecule is Cc1noc(C2CC(O)CN2)n1.Cl. The van der Waals surface area contributed by atoms with Crippen molar-refractivity contribution in [1.29, 1.82) is 0 Å². The largest absolute Gasteiger partial charge is 0.392 e. The van der Waals surface area contributed by atoms with Crippen LogP contribution in [0.25, 0.3) is 0 Å². The fourth-order valence-corrected chi connectivity index (χ4v) is 1.36. The molecule has 0 aromatic carbocycles. The number of aliphatic hydroxyl groups excluding tert-OH is 1. The van der Waals surface area contributed by atoms with E-state index in [1.54, 1.807) is 6.92 Å². The van der Waals surface area contributed by atoms with Crippen LogP contribution in [0.1, 0.15) is 24.2 Å². The maximum atomic E-state index is 9.22. The normalized spacial score (nSPS) is 27.2. The van der Waals surface area contributed by atoms with Gasteiger partial charge in [-0.25, -0.2) is 0 Å². The molecule has 0 saturated carbocycles. The van der Waals surface area contributed by atoms with E-state index < -0.39 is 0 Å². The van der Waals surface area contributed by atoms with E-state index in [9.17, 15) is 5.11 Å². The average molecular weight is 206 g/mol. The molecule has 0 amide bonds. The molecule has 2 heterocycles. The van der Waals surface area contributed by atoms with Gasteiger partial charge >= 0.3 is 0 Å². The Bertz CT molecular complexity index is 278. The summed E-state index contributed by atoms with van der Waals surface area (Å²) in [4.78, 5) is 4.08.